The van der Waals surface area contributed by atoms with Gasteiger partial charge >= 0.3 is 0 Å². The van der Waals surface area contributed by atoms with Gasteiger partial charge in [0.1, 0.15) is 0 Å². The largest absolute Gasteiger partial charge is 0.493 e. The molecule has 2 aromatic rings. The molecule has 1 aliphatic carbocycles. The van der Waals surface area contributed by atoms with Crippen molar-refractivity contribution in [2.75, 3.05) is 14.2 Å². The Morgan fingerprint density at radius 1 is 1.25 bits per heavy atom. The van der Waals surface area contributed by atoms with E-state index in [0.29, 0.717) is 35.8 Å². The molecule has 0 amide bonds. The SMILES string of the molecule is COc1ccc(-c2noc(CNC3CC3)n2)cc1OC. The summed E-state index contributed by atoms with van der Waals surface area (Å²) in [6.07, 6.45) is 2.47. The summed E-state index contributed by atoms with van der Waals surface area (Å²) in [5.41, 5.74) is 0.837. The Labute approximate surface area is 117 Å². The van der Waals surface area contributed by atoms with Gasteiger partial charge in [-0.1, -0.05) is 5.16 Å². The van der Waals surface area contributed by atoms with Crippen molar-refractivity contribution in [2.45, 2.75) is 25.4 Å². The number of aromatic nitrogens is 2. The van der Waals surface area contributed by atoms with Gasteiger partial charge in [0, 0.05) is 11.6 Å². The molecule has 6 nitrogen and oxygen atoms in total. The smallest absolute Gasteiger partial charge is 0.240 e. The van der Waals surface area contributed by atoms with Crippen molar-refractivity contribution in [3.63, 3.8) is 0 Å². The van der Waals surface area contributed by atoms with Crippen LogP contribution in [0.1, 0.15) is 18.7 Å². The average molecular weight is 275 g/mol. The minimum Gasteiger partial charge on any atom is -0.493 e. The summed E-state index contributed by atoms with van der Waals surface area (Å²) in [5.74, 6) is 2.48. The van der Waals surface area contributed by atoms with Crippen LogP contribution in [0, 0.1) is 0 Å². The lowest BCUT2D eigenvalue weighted by Crippen LogP contribution is -2.15. The molecule has 1 saturated carbocycles. The molecule has 1 aromatic carbocycles. The first-order chi connectivity index (χ1) is 9.80. The first-order valence-corrected chi connectivity index (χ1v) is 6.58. The molecule has 3 rings (SSSR count). The number of hydrogen-bond donors (Lipinski definition) is 1. The Balaban J connectivity index is 1.77. The lowest BCUT2D eigenvalue weighted by molar-refractivity contribution is 0.355. The molecule has 1 aromatic heterocycles. The minimum atomic E-state index is 0.554. The van der Waals surface area contributed by atoms with Gasteiger partial charge in [-0.2, -0.15) is 4.98 Å². The molecule has 1 aliphatic rings. The van der Waals surface area contributed by atoms with E-state index in [0.717, 1.165) is 5.56 Å². The van der Waals surface area contributed by atoms with Crippen LogP contribution in [0.25, 0.3) is 11.4 Å². The van der Waals surface area contributed by atoms with Crippen molar-refractivity contribution in [1.82, 2.24) is 15.5 Å². The van der Waals surface area contributed by atoms with Crippen molar-refractivity contribution in [2.24, 2.45) is 0 Å². The lowest BCUT2D eigenvalue weighted by atomic mass is 10.2. The number of nitrogens with zero attached hydrogens (tertiary/aromatic N) is 2. The van der Waals surface area contributed by atoms with Crippen LogP contribution in [0.15, 0.2) is 22.7 Å². The number of hydrogen-bond acceptors (Lipinski definition) is 6. The maximum absolute atomic E-state index is 5.27. The van der Waals surface area contributed by atoms with Crippen LogP contribution < -0.4 is 14.8 Å². The summed E-state index contributed by atoms with van der Waals surface area (Å²) < 4.78 is 15.7. The second-order valence-corrected chi connectivity index (χ2v) is 4.74. The van der Waals surface area contributed by atoms with E-state index in [1.54, 1.807) is 14.2 Å². The average Bonchev–Trinajstić information content (AvgIpc) is 3.21. The van der Waals surface area contributed by atoms with Crippen molar-refractivity contribution >= 4 is 0 Å². The summed E-state index contributed by atoms with van der Waals surface area (Å²) in [4.78, 5) is 4.37. The fraction of sp³-hybridized carbons (Fsp3) is 0.429. The summed E-state index contributed by atoms with van der Waals surface area (Å²) in [7, 11) is 3.20. The maximum Gasteiger partial charge on any atom is 0.240 e. The lowest BCUT2D eigenvalue weighted by Gasteiger charge is -2.07. The van der Waals surface area contributed by atoms with E-state index in [9.17, 15) is 0 Å². The standard InChI is InChI=1S/C14H17N3O3/c1-18-11-6-3-9(7-12(11)19-2)14-16-13(20-17-14)8-15-10-4-5-10/h3,6-7,10,15H,4-5,8H2,1-2H3. The molecule has 6 heteroatoms. The molecular formula is C14H17N3O3. The number of rotatable bonds is 6. The van der Waals surface area contributed by atoms with Crippen LogP contribution in [-0.4, -0.2) is 30.4 Å². The molecule has 0 bridgehead atoms. The summed E-state index contributed by atoms with van der Waals surface area (Å²) >= 11 is 0. The highest BCUT2D eigenvalue weighted by molar-refractivity contribution is 5.60. The summed E-state index contributed by atoms with van der Waals surface area (Å²) in [6, 6.07) is 6.16. The number of benzene rings is 1. The molecule has 1 fully saturated rings. The first-order valence-electron chi connectivity index (χ1n) is 6.58. The molecule has 0 radical (unpaired) electrons. The van der Waals surface area contributed by atoms with E-state index in [-0.39, 0.29) is 0 Å². The van der Waals surface area contributed by atoms with Crippen molar-refractivity contribution < 1.29 is 14.0 Å². The van der Waals surface area contributed by atoms with E-state index in [1.807, 2.05) is 18.2 Å². The third kappa shape index (κ3) is 2.75. The van der Waals surface area contributed by atoms with Gasteiger partial charge in [-0.3, -0.25) is 0 Å². The second kappa shape index (κ2) is 5.50. The zero-order valence-corrected chi connectivity index (χ0v) is 11.5. The second-order valence-electron chi connectivity index (χ2n) is 4.74. The highest BCUT2D eigenvalue weighted by Gasteiger charge is 2.21. The summed E-state index contributed by atoms with van der Waals surface area (Å²) in [5, 5.41) is 7.33. The van der Waals surface area contributed by atoms with E-state index in [1.165, 1.54) is 12.8 Å². The maximum atomic E-state index is 5.27. The minimum absolute atomic E-state index is 0.554. The third-order valence-electron chi connectivity index (χ3n) is 3.23. The Kier molecular flexibility index (Phi) is 3.56. The Hall–Kier alpha value is -2.08. The van der Waals surface area contributed by atoms with E-state index in [4.69, 9.17) is 14.0 Å². The molecule has 0 atom stereocenters. The predicted molar refractivity (Wildman–Crippen MR) is 72.7 cm³/mol. The molecule has 1 heterocycles. The highest BCUT2D eigenvalue weighted by Crippen LogP contribution is 2.31. The Bertz CT molecular complexity index is 593. The zero-order valence-electron chi connectivity index (χ0n) is 11.5. The van der Waals surface area contributed by atoms with Crippen molar-refractivity contribution in [3.05, 3.63) is 24.1 Å². The molecule has 0 saturated heterocycles. The fourth-order valence-corrected chi connectivity index (χ4v) is 1.94. The molecule has 0 unspecified atom stereocenters. The van der Waals surface area contributed by atoms with Gasteiger partial charge in [-0.05, 0) is 31.0 Å². The quantitative estimate of drug-likeness (QED) is 0.869. The van der Waals surface area contributed by atoms with Crippen LogP contribution in [0.4, 0.5) is 0 Å². The molecule has 0 spiro atoms. The van der Waals surface area contributed by atoms with Crippen LogP contribution >= 0.6 is 0 Å². The normalized spacial score (nSPS) is 14.3. The number of methoxy groups -OCH3 is 2. The van der Waals surface area contributed by atoms with Gasteiger partial charge in [0.2, 0.25) is 11.7 Å². The molecule has 0 aliphatic heterocycles. The van der Waals surface area contributed by atoms with Gasteiger partial charge in [0.25, 0.3) is 0 Å². The van der Waals surface area contributed by atoms with Crippen LogP contribution in [0.2, 0.25) is 0 Å². The molecule has 106 valence electrons. The third-order valence-corrected chi connectivity index (χ3v) is 3.23. The highest BCUT2D eigenvalue weighted by atomic mass is 16.5. The van der Waals surface area contributed by atoms with Gasteiger partial charge in [0.15, 0.2) is 11.5 Å². The summed E-state index contributed by atoms with van der Waals surface area (Å²) in [6.45, 7) is 0.616. The van der Waals surface area contributed by atoms with E-state index >= 15 is 0 Å². The Morgan fingerprint density at radius 2 is 2.05 bits per heavy atom. The van der Waals surface area contributed by atoms with Gasteiger partial charge < -0.3 is 19.3 Å². The monoisotopic (exact) mass is 275 g/mol. The number of ether oxygens (including phenoxy) is 2. The van der Waals surface area contributed by atoms with Crippen molar-refractivity contribution in [3.8, 4) is 22.9 Å². The van der Waals surface area contributed by atoms with Gasteiger partial charge in [0.05, 0.1) is 20.8 Å². The topological polar surface area (TPSA) is 69.4 Å². The van der Waals surface area contributed by atoms with Crippen LogP contribution in [-0.2, 0) is 6.54 Å². The molecule has 1 N–H and O–H groups in total. The fourth-order valence-electron chi connectivity index (χ4n) is 1.94. The van der Waals surface area contributed by atoms with E-state index in [2.05, 4.69) is 15.5 Å². The van der Waals surface area contributed by atoms with Gasteiger partial charge in [-0.15, -0.1) is 0 Å². The van der Waals surface area contributed by atoms with Gasteiger partial charge in [-0.25, -0.2) is 0 Å². The van der Waals surface area contributed by atoms with E-state index < -0.39 is 0 Å². The first kappa shape index (κ1) is 12.9. The molecular weight excluding hydrogens is 258 g/mol. The van der Waals surface area contributed by atoms with Crippen molar-refractivity contribution in [1.29, 1.82) is 0 Å². The number of nitrogens with one attached hydrogen (secondary N) is 1. The molecule has 20 heavy (non-hydrogen) atoms. The van der Waals surface area contributed by atoms with Crippen LogP contribution in [0.5, 0.6) is 11.5 Å². The van der Waals surface area contributed by atoms with Crippen LogP contribution in [0.3, 0.4) is 0 Å². The zero-order chi connectivity index (χ0) is 13.9. The predicted octanol–water partition coefficient (Wildman–Crippen LogP) is 2.01. The Morgan fingerprint density at radius 3 is 2.75 bits per heavy atom.